The molecule has 1 heterocycles. The van der Waals surface area contributed by atoms with Crippen LogP contribution < -0.4 is 4.74 Å². The molecule has 40 heavy (non-hydrogen) atoms. The van der Waals surface area contributed by atoms with E-state index in [1.54, 1.807) is 74.5 Å². The molecule has 0 radical (unpaired) electrons. The van der Waals surface area contributed by atoms with Crippen molar-refractivity contribution in [3.05, 3.63) is 116 Å². The van der Waals surface area contributed by atoms with Crippen LogP contribution in [0.3, 0.4) is 0 Å². The van der Waals surface area contributed by atoms with E-state index in [-0.39, 0.29) is 35.2 Å². The van der Waals surface area contributed by atoms with Gasteiger partial charge in [0.2, 0.25) is 0 Å². The highest BCUT2D eigenvalue weighted by molar-refractivity contribution is 8.18. The predicted molar refractivity (Wildman–Crippen MR) is 154 cm³/mol. The normalized spacial score (nSPS) is 15.0. The summed E-state index contributed by atoms with van der Waals surface area (Å²) in [4.78, 5) is 41.0. The van der Waals surface area contributed by atoms with Gasteiger partial charge in [0.25, 0.3) is 5.91 Å². The summed E-state index contributed by atoms with van der Waals surface area (Å²) in [5, 5.41) is 20.3. The summed E-state index contributed by atoms with van der Waals surface area (Å²) < 4.78 is 10.9. The molecule has 0 bridgehead atoms. The summed E-state index contributed by atoms with van der Waals surface area (Å²) in [5.41, 5.74) is 2.49. The van der Waals surface area contributed by atoms with E-state index in [0.29, 0.717) is 26.8 Å². The molecular formula is C30H24ClNO7S. The average Bonchev–Trinajstić information content (AvgIpc) is 3.22. The molecule has 0 aromatic heterocycles. The van der Waals surface area contributed by atoms with Crippen LogP contribution in [0.4, 0.5) is 0 Å². The number of hydrogen-bond donors (Lipinski definition) is 2. The lowest BCUT2D eigenvalue weighted by atomic mass is 10.1. The topological polar surface area (TPSA) is 122 Å². The Morgan fingerprint density at radius 2 is 1.77 bits per heavy atom. The van der Waals surface area contributed by atoms with E-state index in [0.717, 1.165) is 22.9 Å². The molecule has 0 saturated carbocycles. The molecule has 1 amide bonds. The Morgan fingerprint density at radius 1 is 1.05 bits per heavy atom. The number of aliphatic hydroxyl groups excluding tert-OH is 1. The van der Waals surface area contributed by atoms with E-state index in [1.165, 1.54) is 12.1 Å². The van der Waals surface area contributed by atoms with Crippen molar-refractivity contribution in [3.63, 3.8) is 0 Å². The third kappa shape index (κ3) is 6.62. The number of aromatic carboxylic acids is 1. The van der Waals surface area contributed by atoms with E-state index in [4.69, 9.17) is 26.2 Å². The van der Waals surface area contributed by atoms with Crippen molar-refractivity contribution in [1.82, 2.24) is 0 Å². The minimum atomic E-state index is -1.01. The fraction of sp³-hybridized carbons (Fsp3) is 0.133. The Balaban J connectivity index is 1.57. The molecule has 204 valence electrons. The van der Waals surface area contributed by atoms with Gasteiger partial charge in [-0.15, -0.1) is 0 Å². The number of rotatable bonds is 8. The number of carboxylic acids is 1. The second-order valence-corrected chi connectivity index (χ2v) is 10.0. The third-order valence-electron chi connectivity index (χ3n) is 5.80. The molecule has 4 rings (SSSR count). The second-order valence-electron chi connectivity index (χ2n) is 8.57. The van der Waals surface area contributed by atoms with E-state index >= 15 is 0 Å². The van der Waals surface area contributed by atoms with Crippen LogP contribution in [0.25, 0.3) is 6.08 Å². The zero-order valence-electron chi connectivity index (χ0n) is 21.5. The SMILES string of the molecule is CCOC(=O)C1=C(O)/C(=C/c2ccc(OCc3ccc(C(=O)O)cc3)c(Cl)c2)SC1=NC(=O)c1ccccc1C. The van der Waals surface area contributed by atoms with Crippen molar-refractivity contribution in [1.29, 1.82) is 0 Å². The first kappa shape index (κ1) is 28.7. The summed E-state index contributed by atoms with van der Waals surface area (Å²) in [7, 11) is 0. The highest BCUT2D eigenvalue weighted by atomic mass is 35.5. The number of aryl methyl sites for hydroxylation is 1. The van der Waals surface area contributed by atoms with Crippen LogP contribution in [0, 0.1) is 6.92 Å². The van der Waals surface area contributed by atoms with E-state index in [2.05, 4.69) is 4.99 Å². The van der Waals surface area contributed by atoms with Gasteiger partial charge in [-0.05, 0) is 66.9 Å². The van der Waals surface area contributed by atoms with E-state index in [1.807, 2.05) is 0 Å². The van der Waals surface area contributed by atoms with Gasteiger partial charge >= 0.3 is 11.9 Å². The quantitative estimate of drug-likeness (QED) is 0.286. The highest BCUT2D eigenvalue weighted by Crippen LogP contribution is 2.40. The summed E-state index contributed by atoms with van der Waals surface area (Å²) in [5.74, 6) is -2.28. The number of amides is 1. The van der Waals surface area contributed by atoms with Gasteiger partial charge in [-0.1, -0.05) is 59.8 Å². The lowest BCUT2D eigenvalue weighted by molar-refractivity contribution is -0.138. The fourth-order valence-corrected chi connectivity index (χ4v) is 4.99. The van der Waals surface area contributed by atoms with Crippen molar-refractivity contribution in [2.24, 2.45) is 4.99 Å². The van der Waals surface area contributed by atoms with Gasteiger partial charge in [0.05, 0.1) is 22.1 Å². The molecule has 0 spiro atoms. The lowest BCUT2D eigenvalue weighted by Crippen LogP contribution is -2.14. The van der Waals surface area contributed by atoms with Crippen LogP contribution in [0.1, 0.15) is 44.3 Å². The largest absolute Gasteiger partial charge is 0.506 e. The van der Waals surface area contributed by atoms with Crippen molar-refractivity contribution >= 4 is 52.3 Å². The molecule has 0 unspecified atom stereocenters. The van der Waals surface area contributed by atoms with Crippen molar-refractivity contribution < 1.29 is 34.1 Å². The minimum absolute atomic E-state index is 0.0374. The van der Waals surface area contributed by atoms with Crippen LogP contribution in [-0.4, -0.2) is 39.7 Å². The molecule has 1 aliphatic rings. The van der Waals surface area contributed by atoms with Crippen LogP contribution in [0.15, 0.2) is 88.0 Å². The molecule has 3 aromatic rings. The summed E-state index contributed by atoms with van der Waals surface area (Å²) in [6.07, 6.45) is 1.61. The summed E-state index contributed by atoms with van der Waals surface area (Å²) in [6, 6.07) is 18.3. The molecule has 10 heteroatoms. The van der Waals surface area contributed by atoms with Gasteiger partial charge in [-0.2, -0.15) is 0 Å². The van der Waals surface area contributed by atoms with Crippen LogP contribution in [0.2, 0.25) is 5.02 Å². The predicted octanol–water partition coefficient (Wildman–Crippen LogP) is 6.63. The number of carbonyl (C=O) groups excluding carboxylic acids is 2. The molecule has 0 fully saturated rings. The molecule has 8 nitrogen and oxygen atoms in total. The Bertz CT molecular complexity index is 1580. The first-order valence-corrected chi connectivity index (χ1v) is 13.3. The molecule has 0 atom stereocenters. The van der Waals surface area contributed by atoms with Crippen LogP contribution in [-0.2, 0) is 16.1 Å². The molecular weight excluding hydrogens is 554 g/mol. The Kier molecular flexibility index (Phi) is 9.08. The van der Waals surface area contributed by atoms with E-state index in [9.17, 15) is 19.5 Å². The third-order valence-corrected chi connectivity index (χ3v) is 7.11. The maximum absolute atomic E-state index is 12.9. The summed E-state index contributed by atoms with van der Waals surface area (Å²) in [6.45, 7) is 3.68. The first-order chi connectivity index (χ1) is 19.2. The van der Waals surface area contributed by atoms with Gasteiger partial charge in [0.1, 0.15) is 28.7 Å². The number of nitrogens with zero attached hydrogens (tertiary/aromatic N) is 1. The molecule has 2 N–H and O–H groups in total. The number of esters is 1. The summed E-state index contributed by atoms with van der Waals surface area (Å²) >= 11 is 7.40. The number of thioether (sulfide) groups is 1. The van der Waals surface area contributed by atoms with E-state index < -0.39 is 17.8 Å². The lowest BCUT2D eigenvalue weighted by Gasteiger charge is -2.09. The van der Waals surface area contributed by atoms with Gasteiger partial charge in [-0.3, -0.25) is 4.79 Å². The number of benzene rings is 3. The smallest absolute Gasteiger partial charge is 0.344 e. The van der Waals surface area contributed by atoms with Gasteiger partial charge in [-0.25, -0.2) is 14.6 Å². The Hall–Kier alpha value is -4.34. The van der Waals surface area contributed by atoms with Gasteiger partial charge in [0, 0.05) is 5.56 Å². The number of halogens is 1. The number of carbonyl (C=O) groups is 3. The van der Waals surface area contributed by atoms with Crippen LogP contribution in [0.5, 0.6) is 5.75 Å². The number of ether oxygens (including phenoxy) is 2. The minimum Gasteiger partial charge on any atom is -0.506 e. The Labute approximate surface area is 239 Å². The van der Waals surface area contributed by atoms with Gasteiger partial charge < -0.3 is 19.7 Å². The number of hydrogen-bond acceptors (Lipinski definition) is 7. The fourth-order valence-electron chi connectivity index (χ4n) is 3.74. The average molecular weight is 578 g/mol. The molecule has 3 aromatic carbocycles. The maximum Gasteiger partial charge on any atom is 0.344 e. The Morgan fingerprint density at radius 3 is 2.42 bits per heavy atom. The second kappa shape index (κ2) is 12.7. The first-order valence-electron chi connectivity index (χ1n) is 12.1. The highest BCUT2D eigenvalue weighted by Gasteiger charge is 2.34. The van der Waals surface area contributed by atoms with Crippen molar-refractivity contribution in [2.75, 3.05) is 6.61 Å². The maximum atomic E-state index is 12.9. The monoisotopic (exact) mass is 577 g/mol. The van der Waals surface area contributed by atoms with Crippen LogP contribution >= 0.6 is 23.4 Å². The zero-order chi connectivity index (χ0) is 28.8. The molecule has 0 aliphatic carbocycles. The zero-order valence-corrected chi connectivity index (χ0v) is 23.1. The number of carboxylic acid groups (broad SMARTS) is 1. The number of aliphatic hydroxyl groups is 1. The molecule has 0 saturated heterocycles. The van der Waals surface area contributed by atoms with Gasteiger partial charge in [0.15, 0.2) is 0 Å². The molecule has 1 aliphatic heterocycles. The number of aliphatic imine (C=N–C) groups is 1. The van der Waals surface area contributed by atoms with Crippen molar-refractivity contribution in [2.45, 2.75) is 20.5 Å². The van der Waals surface area contributed by atoms with Crippen molar-refractivity contribution in [3.8, 4) is 5.75 Å². The standard InChI is InChI=1S/C30H24ClNO7S/c1-3-38-30(37)25-26(33)24(40-28(25)32-27(34)21-7-5-4-6-17(21)2)15-19-10-13-23(22(31)14-19)39-16-18-8-11-20(12-9-18)29(35)36/h4-15,33H,3,16H2,1-2H3,(H,35,36)/b24-15-,32-28?.